The molecule has 0 aliphatic carbocycles. The molecule has 0 N–H and O–H groups in total. The molecule has 0 aliphatic heterocycles. The number of hydrogen-bond acceptors (Lipinski definition) is 2. The first-order valence-electron chi connectivity index (χ1n) is 6.72. The van der Waals surface area contributed by atoms with E-state index < -0.39 is 0 Å². The quantitative estimate of drug-likeness (QED) is 0.518. The van der Waals surface area contributed by atoms with Gasteiger partial charge in [-0.3, -0.25) is 0 Å². The van der Waals surface area contributed by atoms with Crippen molar-refractivity contribution in [3.63, 3.8) is 0 Å². The molecule has 2 aromatic carbocycles. The molecule has 0 atom stereocenters. The summed E-state index contributed by atoms with van der Waals surface area (Å²) in [6.45, 7) is 7.68. The van der Waals surface area contributed by atoms with Gasteiger partial charge in [-0.2, -0.15) is 0 Å². The zero-order valence-electron chi connectivity index (χ0n) is 11.3. The van der Waals surface area contributed by atoms with E-state index in [1.54, 1.807) is 0 Å². The van der Waals surface area contributed by atoms with Crippen LogP contribution >= 0.6 is 0 Å². The van der Waals surface area contributed by atoms with Gasteiger partial charge in [0.2, 0.25) is 0 Å². The molecule has 0 unspecified atom stereocenters. The van der Waals surface area contributed by atoms with Gasteiger partial charge in [-0.15, -0.1) is 13.2 Å². The number of rotatable bonds is 4. The lowest BCUT2D eigenvalue weighted by Gasteiger charge is -2.10. The second-order valence-corrected chi connectivity index (χ2v) is 4.77. The van der Waals surface area contributed by atoms with Gasteiger partial charge < -0.3 is 0 Å². The van der Waals surface area contributed by atoms with Crippen LogP contribution in [0.3, 0.4) is 0 Å². The number of benzene rings is 2. The largest absolute Gasteiger partial charge is 0.244 e. The van der Waals surface area contributed by atoms with Crippen LogP contribution in [0, 0.1) is 0 Å². The van der Waals surface area contributed by atoms with E-state index in [-0.39, 0.29) is 0 Å². The first kappa shape index (κ1) is 12.5. The van der Waals surface area contributed by atoms with Crippen molar-refractivity contribution in [1.29, 1.82) is 0 Å². The van der Waals surface area contributed by atoms with E-state index in [9.17, 15) is 0 Å². The van der Waals surface area contributed by atoms with Crippen LogP contribution in [0.15, 0.2) is 61.7 Å². The second-order valence-electron chi connectivity index (χ2n) is 4.77. The van der Waals surface area contributed by atoms with E-state index in [4.69, 9.17) is 9.97 Å². The van der Waals surface area contributed by atoms with E-state index in [0.717, 1.165) is 34.9 Å². The number of allylic oxidation sites excluding steroid dienone is 2. The molecule has 3 aromatic rings. The van der Waals surface area contributed by atoms with Crippen LogP contribution in [-0.4, -0.2) is 9.97 Å². The lowest BCUT2D eigenvalue weighted by Crippen LogP contribution is -1.97. The smallest absolute Gasteiger partial charge is 0.0932 e. The molecule has 0 saturated carbocycles. The van der Waals surface area contributed by atoms with Crippen LogP contribution in [0.2, 0.25) is 0 Å². The maximum Gasteiger partial charge on any atom is 0.0932 e. The van der Waals surface area contributed by atoms with Crippen molar-refractivity contribution in [2.24, 2.45) is 0 Å². The SMILES string of the molecule is C=CCc1ccc2nc3ccccc3nc2c1CC=C. The lowest BCUT2D eigenvalue weighted by atomic mass is 9.99. The van der Waals surface area contributed by atoms with Crippen LogP contribution in [0.1, 0.15) is 11.1 Å². The molecular weight excluding hydrogens is 244 g/mol. The summed E-state index contributed by atoms with van der Waals surface area (Å²) in [4.78, 5) is 9.49. The average Bonchev–Trinajstić information content (AvgIpc) is 2.48. The van der Waals surface area contributed by atoms with E-state index in [0.29, 0.717) is 0 Å². The first-order valence-corrected chi connectivity index (χ1v) is 6.72. The molecule has 0 aliphatic rings. The van der Waals surface area contributed by atoms with E-state index in [1.807, 2.05) is 42.5 Å². The molecule has 2 heteroatoms. The van der Waals surface area contributed by atoms with Crippen LogP contribution in [-0.2, 0) is 12.8 Å². The predicted octanol–water partition coefficient (Wildman–Crippen LogP) is 4.24. The Balaban J connectivity index is 2.35. The molecule has 1 aromatic heterocycles. The van der Waals surface area contributed by atoms with Crippen molar-refractivity contribution in [1.82, 2.24) is 9.97 Å². The van der Waals surface area contributed by atoms with Gasteiger partial charge in [0.1, 0.15) is 0 Å². The molecule has 0 saturated heterocycles. The highest BCUT2D eigenvalue weighted by molar-refractivity contribution is 5.88. The van der Waals surface area contributed by atoms with E-state index >= 15 is 0 Å². The van der Waals surface area contributed by atoms with Gasteiger partial charge in [0.15, 0.2) is 0 Å². The van der Waals surface area contributed by atoms with Crippen LogP contribution < -0.4 is 0 Å². The third-order valence-corrected chi connectivity index (χ3v) is 3.43. The maximum atomic E-state index is 4.79. The summed E-state index contributed by atoms with van der Waals surface area (Å²) in [5.74, 6) is 0. The lowest BCUT2D eigenvalue weighted by molar-refractivity contribution is 1.16. The Kier molecular flexibility index (Phi) is 3.30. The summed E-state index contributed by atoms with van der Waals surface area (Å²) in [6.07, 6.45) is 5.47. The number of para-hydroxylation sites is 2. The van der Waals surface area contributed by atoms with Crippen molar-refractivity contribution in [3.8, 4) is 0 Å². The normalized spacial score (nSPS) is 10.8. The summed E-state index contributed by atoms with van der Waals surface area (Å²) >= 11 is 0. The van der Waals surface area contributed by atoms with Crippen molar-refractivity contribution >= 4 is 22.1 Å². The van der Waals surface area contributed by atoms with Crippen molar-refractivity contribution in [2.45, 2.75) is 12.8 Å². The summed E-state index contributed by atoms with van der Waals surface area (Å²) in [5, 5.41) is 0. The Labute approximate surface area is 118 Å². The zero-order valence-corrected chi connectivity index (χ0v) is 11.3. The molecule has 2 nitrogen and oxygen atoms in total. The van der Waals surface area contributed by atoms with Gasteiger partial charge >= 0.3 is 0 Å². The Morgan fingerprint density at radius 1 is 0.800 bits per heavy atom. The molecular formula is C18H16N2. The summed E-state index contributed by atoms with van der Waals surface area (Å²) in [6, 6.07) is 12.1. The maximum absolute atomic E-state index is 4.79. The van der Waals surface area contributed by atoms with Crippen LogP contribution in [0.25, 0.3) is 22.1 Å². The molecule has 20 heavy (non-hydrogen) atoms. The Morgan fingerprint density at radius 3 is 2.20 bits per heavy atom. The fraction of sp³-hybridized carbons (Fsp3) is 0.111. The van der Waals surface area contributed by atoms with E-state index in [1.165, 1.54) is 11.1 Å². The van der Waals surface area contributed by atoms with Crippen LogP contribution in [0.4, 0.5) is 0 Å². The van der Waals surface area contributed by atoms with Gasteiger partial charge in [0.05, 0.1) is 22.1 Å². The fourth-order valence-electron chi connectivity index (χ4n) is 2.50. The molecule has 0 bridgehead atoms. The predicted molar refractivity (Wildman–Crippen MR) is 84.8 cm³/mol. The molecule has 0 fully saturated rings. The monoisotopic (exact) mass is 260 g/mol. The summed E-state index contributed by atoms with van der Waals surface area (Å²) in [7, 11) is 0. The Bertz CT molecular complexity index is 803. The minimum Gasteiger partial charge on any atom is -0.244 e. The number of hydrogen-bond donors (Lipinski definition) is 0. The van der Waals surface area contributed by atoms with Crippen molar-refractivity contribution in [2.75, 3.05) is 0 Å². The fourth-order valence-corrected chi connectivity index (χ4v) is 2.50. The molecule has 98 valence electrons. The molecule has 0 spiro atoms. The molecule has 0 amide bonds. The molecule has 0 radical (unpaired) electrons. The van der Waals surface area contributed by atoms with Gasteiger partial charge in [0.25, 0.3) is 0 Å². The zero-order chi connectivity index (χ0) is 13.9. The van der Waals surface area contributed by atoms with Gasteiger partial charge in [-0.05, 0) is 42.2 Å². The standard InChI is InChI=1S/C18H16N2/c1-3-7-13-11-12-17-18(14(13)8-4-2)20-16-10-6-5-9-15(16)19-17/h3-6,9-12H,1-2,7-8H2. The highest BCUT2D eigenvalue weighted by Crippen LogP contribution is 2.23. The third kappa shape index (κ3) is 2.10. The minimum atomic E-state index is 0.799. The van der Waals surface area contributed by atoms with Crippen molar-refractivity contribution < 1.29 is 0 Å². The minimum absolute atomic E-state index is 0.799. The summed E-state index contributed by atoms with van der Waals surface area (Å²) in [5.41, 5.74) is 6.23. The topological polar surface area (TPSA) is 25.8 Å². The highest BCUT2D eigenvalue weighted by atomic mass is 14.8. The third-order valence-electron chi connectivity index (χ3n) is 3.43. The summed E-state index contributed by atoms with van der Waals surface area (Å²) < 4.78 is 0. The van der Waals surface area contributed by atoms with Crippen LogP contribution in [0.5, 0.6) is 0 Å². The Morgan fingerprint density at radius 2 is 1.50 bits per heavy atom. The Hall–Kier alpha value is -2.48. The number of fused-ring (bicyclic) bond motifs is 2. The van der Waals surface area contributed by atoms with Gasteiger partial charge in [0, 0.05) is 0 Å². The van der Waals surface area contributed by atoms with Gasteiger partial charge in [-0.25, -0.2) is 9.97 Å². The van der Waals surface area contributed by atoms with Gasteiger partial charge in [-0.1, -0.05) is 30.4 Å². The highest BCUT2D eigenvalue weighted by Gasteiger charge is 2.09. The molecule has 3 rings (SSSR count). The first-order chi connectivity index (χ1) is 9.83. The average molecular weight is 260 g/mol. The van der Waals surface area contributed by atoms with Crippen molar-refractivity contribution in [3.05, 3.63) is 72.8 Å². The number of aromatic nitrogens is 2. The number of nitrogens with zero attached hydrogens (tertiary/aromatic N) is 2. The molecule has 1 heterocycles. The van der Waals surface area contributed by atoms with E-state index in [2.05, 4.69) is 19.2 Å². The second kappa shape index (κ2) is 5.25.